The number of hydrogen-bond donors (Lipinski definition) is 1. The Kier molecular flexibility index (Phi) is 7.19. The number of hydrogen-bond acceptors (Lipinski definition) is 4. The fourth-order valence-electron chi connectivity index (χ4n) is 4.46. The molecule has 5 aromatic rings. The normalized spacial score (nSPS) is 11.6. The van der Waals surface area contributed by atoms with E-state index in [0.717, 1.165) is 6.07 Å². The van der Waals surface area contributed by atoms with Gasteiger partial charge in [-0.2, -0.15) is 0 Å². The van der Waals surface area contributed by atoms with Crippen LogP contribution in [-0.2, 0) is 0 Å². The van der Waals surface area contributed by atoms with Gasteiger partial charge in [0.1, 0.15) is 5.75 Å². The first-order valence-corrected chi connectivity index (χ1v) is 16.1. The van der Waals surface area contributed by atoms with Gasteiger partial charge in [0.15, 0.2) is 11.6 Å². The van der Waals surface area contributed by atoms with Crippen molar-refractivity contribution in [2.24, 2.45) is 0 Å². The molecule has 4 nitrogen and oxygen atoms in total. The molecule has 0 atom stereocenters. The zero-order valence-corrected chi connectivity index (χ0v) is 22.7. The molecule has 0 amide bonds. The van der Waals surface area contributed by atoms with Gasteiger partial charge < -0.3 is 10.2 Å². The van der Waals surface area contributed by atoms with Gasteiger partial charge in [-0.3, -0.25) is 9.59 Å². The van der Waals surface area contributed by atoms with E-state index in [-0.39, 0.29) is 22.5 Å². The summed E-state index contributed by atoms with van der Waals surface area (Å²) in [4.78, 5) is 24.3. The third-order valence-corrected chi connectivity index (χ3v) is 14.0. The Bertz CT molecular complexity index is 1470. The molecular weight excluding hydrogens is 567 g/mol. The number of ketones is 2. The van der Waals surface area contributed by atoms with Gasteiger partial charge in [-0.05, 0) is 12.1 Å². The second-order valence-electron chi connectivity index (χ2n) is 8.51. The second kappa shape index (κ2) is 10.8. The van der Waals surface area contributed by atoms with E-state index in [1.165, 1.54) is 22.9 Å². The number of aromatic hydroxyl groups is 1. The van der Waals surface area contributed by atoms with Gasteiger partial charge in [-0.25, -0.2) is 0 Å². The first-order valence-electron chi connectivity index (χ1n) is 11.8. The van der Waals surface area contributed by atoms with E-state index >= 15 is 0 Å². The Labute approximate surface area is 222 Å². The average molecular weight is 589 g/mol. The van der Waals surface area contributed by atoms with Gasteiger partial charge in [0.25, 0.3) is 0 Å². The zero-order valence-electron chi connectivity index (χ0n) is 19.8. The van der Waals surface area contributed by atoms with Crippen LogP contribution in [0.4, 0.5) is 0 Å². The van der Waals surface area contributed by atoms with Gasteiger partial charge in [0.2, 0.25) is 0 Å². The quantitative estimate of drug-likeness (QED) is 0.321. The predicted octanol–water partition coefficient (Wildman–Crippen LogP) is 3.44. The first-order chi connectivity index (χ1) is 18.1. The molecule has 0 spiro atoms. The van der Waals surface area contributed by atoms with Gasteiger partial charge in [0.05, 0.1) is 0 Å². The van der Waals surface area contributed by atoms with Crippen LogP contribution in [0.1, 0.15) is 31.8 Å². The molecule has 0 saturated heterocycles. The van der Waals surface area contributed by atoms with Crippen LogP contribution < -0.4 is 15.8 Å². The van der Waals surface area contributed by atoms with Gasteiger partial charge in [-0.15, -0.1) is 0 Å². The van der Waals surface area contributed by atoms with Crippen molar-refractivity contribution in [1.29, 1.82) is 0 Å². The van der Waals surface area contributed by atoms with Gasteiger partial charge >= 0.3 is 121 Å². The van der Waals surface area contributed by atoms with E-state index < -0.39 is 37.0 Å². The topological polar surface area (TPSA) is 77.4 Å². The Hall–Kier alpha value is -4.16. The fourth-order valence-corrected chi connectivity index (χ4v) is 11.8. The molecule has 6 rings (SSSR count). The van der Waals surface area contributed by atoms with E-state index in [1.807, 2.05) is 0 Å². The van der Waals surface area contributed by atoms with Crippen LogP contribution in [-0.4, -0.2) is 36.4 Å². The summed E-state index contributed by atoms with van der Waals surface area (Å²) in [5, 5.41) is 21.1. The number of carbonyl (C=O) groups excluding carboxylic acids is 2. The number of rotatable bonds is 3. The van der Waals surface area contributed by atoms with Crippen LogP contribution in [0.15, 0.2) is 127 Å². The average Bonchev–Trinajstić information content (AvgIpc) is 2.95. The Morgan fingerprint density at radius 3 is 1.35 bits per heavy atom. The van der Waals surface area contributed by atoms with Crippen LogP contribution in [0.2, 0.25) is 0 Å². The molecule has 37 heavy (non-hydrogen) atoms. The van der Waals surface area contributed by atoms with Crippen LogP contribution in [0.3, 0.4) is 0 Å². The van der Waals surface area contributed by atoms with Crippen molar-refractivity contribution in [2.45, 2.75) is 0 Å². The van der Waals surface area contributed by atoms with E-state index in [0.29, 0.717) is 5.56 Å². The number of phenols is 1. The monoisotopic (exact) mass is 590 g/mol. The predicted molar refractivity (Wildman–Crippen MR) is 145 cm³/mol. The fraction of sp³-hybridized carbons (Fsp3) is 0. The van der Waals surface area contributed by atoms with Crippen molar-refractivity contribution in [1.82, 2.24) is 0 Å². The molecule has 1 aliphatic carbocycles. The summed E-state index contributed by atoms with van der Waals surface area (Å²) in [6.45, 7) is 0. The summed E-state index contributed by atoms with van der Waals surface area (Å²) < 4.78 is 4.59. The second-order valence-corrected chi connectivity index (χ2v) is 15.6. The molecular formula is C32H22O4Sn. The standard InChI is InChI=1S/C14H8O4.3C6H5.Sn/c15-10-6-5-9-11(14(10)18)13(17)8-4-2-1-3-7(8)12(9)16;3*1-2-4-6-5-3-1;/h1-6,15,18H;3*1-5H;/q;;;;+1/p-1. The SMILES string of the molecule is O=C1c2ccccc2C(=O)c2c1ccc(O)c2[O-].c1cc[c]([Sn+]([c]2ccccc2)[c]2ccccc2)cc1. The number of benzene rings is 5. The zero-order chi connectivity index (χ0) is 25.8. The van der Waals surface area contributed by atoms with E-state index in [9.17, 15) is 19.8 Å². The molecule has 0 saturated carbocycles. The summed E-state index contributed by atoms with van der Waals surface area (Å²) in [6, 6.07) is 41.7. The van der Waals surface area contributed by atoms with Crippen molar-refractivity contribution in [2.75, 3.05) is 0 Å². The molecule has 178 valence electrons. The molecule has 0 fully saturated rings. The van der Waals surface area contributed by atoms with Crippen LogP contribution in [0.5, 0.6) is 11.5 Å². The molecule has 0 bridgehead atoms. The van der Waals surface area contributed by atoms with Crippen LogP contribution >= 0.6 is 0 Å². The summed E-state index contributed by atoms with van der Waals surface area (Å²) in [7, 11) is 0. The summed E-state index contributed by atoms with van der Waals surface area (Å²) in [6.07, 6.45) is 0. The minimum absolute atomic E-state index is 0.0569. The molecule has 1 N–H and O–H groups in total. The Morgan fingerprint density at radius 1 is 0.486 bits per heavy atom. The third-order valence-electron chi connectivity index (χ3n) is 6.21. The van der Waals surface area contributed by atoms with Crippen molar-refractivity contribution < 1.29 is 19.8 Å². The molecule has 0 radical (unpaired) electrons. The Morgan fingerprint density at radius 2 is 0.892 bits per heavy atom. The van der Waals surface area contributed by atoms with Crippen molar-refractivity contribution in [3.63, 3.8) is 0 Å². The number of fused-ring (bicyclic) bond motifs is 2. The van der Waals surface area contributed by atoms with E-state index in [1.54, 1.807) is 18.2 Å². The number of carbonyl (C=O) groups is 2. The van der Waals surface area contributed by atoms with Gasteiger partial charge in [0, 0.05) is 22.3 Å². The summed E-state index contributed by atoms with van der Waals surface area (Å²) in [5.74, 6) is -2.19. The minimum atomic E-state index is -1.98. The molecule has 5 heteroatoms. The maximum absolute atomic E-state index is 12.2. The van der Waals surface area contributed by atoms with Crippen molar-refractivity contribution in [3.8, 4) is 11.5 Å². The molecule has 0 unspecified atom stereocenters. The third kappa shape index (κ3) is 4.93. The molecule has 1 aliphatic rings. The maximum atomic E-state index is 12.2. The van der Waals surface area contributed by atoms with Crippen molar-refractivity contribution >= 4 is 42.1 Å². The van der Waals surface area contributed by atoms with Crippen LogP contribution in [0, 0.1) is 0 Å². The molecule has 0 heterocycles. The summed E-state index contributed by atoms with van der Waals surface area (Å²) in [5.41, 5.74) is 0.318. The van der Waals surface area contributed by atoms with Crippen molar-refractivity contribution in [3.05, 3.63) is 150 Å². The van der Waals surface area contributed by atoms with Gasteiger partial charge in [-0.1, -0.05) is 30.0 Å². The number of phenolic OH excluding ortho intramolecular Hbond substituents is 1. The van der Waals surface area contributed by atoms with E-state index in [4.69, 9.17) is 0 Å². The summed E-state index contributed by atoms with van der Waals surface area (Å²) >= 11 is -1.98. The Balaban J connectivity index is 0.000000152. The van der Waals surface area contributed by atoms with Crippen LogP contribution in [0.25, 0.3) is 0 Å². The molecule has 5 aromatic carbocycles. The first kappa shape index (κ1) is 24.5. The van der Waals surface area contributed by atoms with E-state index in [2.05, 4.69) is 91.0 Å². The molecule has 0 aliphatic heterocycles. The molecule has 0 aromatic heterocycles.